The van der Waals surface area contributed by atoms with E-state index in [0.717, 1.165) is 36.3 Å². The number of esters is 1. The summed E-state index contributed by atoms with van der Waals surface area (Å²) >= 11 is 0. The minimum atomic E-state index is -4.19. The molecule has 1 aromatic heterocycles. The van der Waals surface area contributed by atoms with Gasteiger partial charge in [-0.05, 0) is 5.56 Å². The molecule has 0 amide bonds. The third-order valence-corrected chi connectivity index (χ3v) is 6.21. The van der Waals surface area contributed by atoms with Crippen LogP contribution in [0.3, 0.4) is 0 Å². The van der Waals surface area contributed by atoms with E-state index in [4.69, 9.17) is 22.6 Å². The van der Waals surface area contributed by atoms with Gasteiger partial charge >= 0.3 is 11.7 Å². The molecule has 1 saturated heterocycles. The highest BCUT2D eigenvalue weighted by Crippen LogP contribution is 2.36. The maximum Gasteiger partial charge on any atom is 0.330 e. The Morgan fingerprint density at radius 3 is 2.30 bits per heavy atom. The van der Waals surface area contributed by atoms with Gasteiger partial charge in [0, 0.05) is 19.2 Å². The largest absolute Gasteiger partial charge is 0.455 e. The molecule has 2 aromatic rings. The van der Waals surface area contributed by atoms with Crippen molar-refractivity contribution >= 4 is 26.2 Å². The smallest absolute Gasteiger partial charge is 0.330 e. The van der Waals surface area contributed by atoms with Crippen molar-refractivity contribution in [3.8, 4) is 0 Å². The van der Waals surface area contributed by atoms with Crippen LogP contribution in [0.15, 0.2) is 52.2 Å². The maximum absolute atomic E-state index is 12.5. The van der Waals surface area contributed by atoms with Gasteiger partial charge in [-0.3, -0.25) is 27.5 Å². The molecule has 16 heteroatoms. The zero-order chi connectivity index (χ0) is 27.4. The van der Waals surface area contributed by atoms with Crippen LogP contribution in [0.2, 0.25) is 0 Å². The third kappa shape index (κ3) is 8.31. The summed E-state index contributed by atoms with van der Waals surface area (Å²) in [4.78, 5) is 38.1. The molecule has 204 valence electrons. The quantitative estimate of drug-likeness (QED) is 0.268. The maximum atomic E-state index is 12.5. The number of rotatable bonds is 11. The summed E-state index contributed by atoms with van der Waals surface area (Å²) < 4.78 is 75.4. The van der Waals surface area contributed by atoms with Gasteiger partial charge in [-0.2, -0.15) is 16.8 Å². The number of nitrogens with zero attached hydrogens (tertiary/aromatic N) is 1. The molecular weight excluding hydrogens is 536 g/mol. The molecule has 1 aromatic carbocycles. The second-order valence-electron chi connectivity index (χ2n) is 8.17. The number of carbonyl (C=O) groups is 1. The minimum absolute atomic E-state index is 0.0606. The monoisotopic (exact) mass is 562 g/mol. The summed E-state index contributed by atoms with van der Waals surface area (Å²) in [6.07, 6.45) is -4.47. The highest BCUT2D eigenvalue weighted by Gasteiger charge is 2.53. The first-order chi connectivity index (χ1) is 17.2. The van der Waals surface area contributed by atoms with Crippen LogP contribution in [0.25, 0.3) is 0 Å². The summed E-state index contributed by atoms with van der Waals surface area (Å²) in [6.45, 7) is 0.238. The van der Waals surface area contributed by atoms with Gasteiger partial charge < -0.3 is 14.2 Å². The average Bonchev–Trinajstić information content (AvgIpc) is 3.11. The molecule has 0 spiro atoms. The van der Waals surface area contributed by atoms with Gasteiger partial charge in [0.15, 0.2) is 12.3 Å². The summed E-state index contributed by atoms with van der Waals surface area (Å²) in [5, 5.41) is 0. The summed E-state index contributed by atoms with van der Waals surface area (Å²) in [5.41, 5.74) is -0.915. The van der Waals surface area contributed by atoms with Crippen LogP contribution in [0.1, 0.15) is 18.7 Å². The fourth-order valence-electron chi connectivity index (χ4n) is 3.68. The first-order valence-corrected chi connectivity index (χ1v) is 14.4. The Bertz CT molecular complexity index is 1420. The van der Waals surface area contributed by atoms with Gasteiger partial charge in [-0.1, -0.05) is 30.3 Å². The second kappa shape index (κ2) is 11.7. The zero-order valence-corrected chi connectivity index (χ0v) is 21.6. The Morgan fingerprint density at radius 1 is 1.05 bits per heavy atom. The molecule has 1 fully saturated rings. The molecule has 0 saturated carbocycles. The molecule has 14 nitrogen and oxygen atoms in total. The molecule has 1 aliphatic rings. The van der Waals surface area contributed by atoms with Gasteiger partial charge in [0.2, 0.25) is 0 Å². The Kier molecular flexibility index (Phi) is 9.04. The fraction of sp³-hybridized carbons (Fsp3) is 0.476. The lowest BCUT2D eigenvalue weighted by Gasteiger charge is -2.28. The van der Waals surface area contributed by atoms with Crippen LogP contribution in [0, 0.1) is 0 Å². The van der Waals surface area contributed by atoms with Crippen molar-refractivity contribution in [1.29, 1.82) is 0 Å². The van der Waals surface area contributed by atoms with Crippen LogP contribution in [-0.2, 0) is 54.2 Å². The summed E-state index contributed by atoms with van der Waals surface area (Å²) in [6, 6.07) is 9.80. The first-order valence-electron chi connectivity index (χ1n) is 10.8. The first kappa shape index (κ1) is 28.7. The van der Waals surface area contributed by atoms with Crippen molar-refractivity contribution in [2.75, 3.05) is 19.1 Å². The van der Waals surface area contributed by atoms with E-state index in [-0.39, 0.29) is 6.61 Å². The topological polar surface area (TPSA) is 186 Å². The minimum Gasteiger partial charge on any atom is -0.455 e. The summed E-state index contributed by atoms with van der Waals surface area (Å²) in [5.74, 6) is -0.780. The standard InChI is InChI=1S/C21H26N2O12S2/c1-13(24)33-19-18(31-11-14-7-5-4-6-8-14)17(15(35-37(3,29)30)12-32-36(2,27)28)34-20(19)23-10-9-16(25)22-21(23)26/h4-10,15,17-20H,11-12H2,1-3H3,(H,22,25,26)/t15?,17-,18-,19-,20-/m1/s1. The van der Waals surface area contributed by atoms with Crippen molar-refractivity contribution in [2.45, 2.75) is 44.2 Å². The lowest BCUT2D eigenvalue weighted by Crippen LogP contribution is -2.46. The van der Waals surface area contributed by atoms with Gasteiger partial charge in [0.25, 0.3) is 25.8 Å². The molecule has 0 bridgehead atoms. The van der Waals surface area contributed by atoms with E-state index in [1.54, 1.807) is 30.3 Å². The molecule has 0 aliphatic carbocycles. The molecule has 3 rings (SSSR count). The number of ether oxygens (including phenoxy) is 3. The fourth-order valence-corrected chi connectivity index (χ4v) is 4.68. The van der Waals surface area contributed by atoms with Gasteiger partial charge in [0.05, 0.1) is 25.7 Å². The van der Waals surface area contributed by atoms with E-state index < -0.39 is 74.7 Å². The number of nitrogens with one attached hydrogen (secondary N) is 1. The van der Waals surface area contributed by atoms with Crippen LogP contribution in [-0.4, -0.2) is 75.9 Å². The third-order valence-electron chi connectivity index (χ3n) is 5.05. The van der Waals surface area contributed by atoms with Crippen molar-refractivity contribution in [3.05, 3.63) is 69.0 Å². The van der Waals surface area contributed by atoms with E-state index in [0.29, 0.717) is 5.56 Å². The molecule has 1 aliphatic heterocycles. The van der Waals surface area contributed by atoms with E-state index in [2.05, 4.69) is 0 Å². The lowest BCUT2D eigenvalue weighted by molar-refractivity contribution is -0.158. The molecule has 2 heterocycles. The van der Waals surface area contributed by atoms with Crippen molar-refractivity contribution in [3.63, 3.8) is 0 Å². The number of H-pyrrole nitrogens is 1. The molecule has 0 radical (unpaired) electrons. The van der Waals surface area contributed by atoms with Gasteiger partial charge in [-0.25, -0.2) is 4.79 Å². The van der Waals surface area contributed by atoms with E-state index in [1.165, 1.54) is 0 Å². The number of carbonyl (C=O) groups excluding carboxylic acids is 1. The van der Waals surface area contributed by atoms with Crippen molar-refractivity contribution in [2.24, 2.45) is 0 Å². The van der Waals surface area contributed by atoms with Crippen LogP contribution < -0.4 is 11.2 Å². The Balaban J connectivity index is 2.07. The van der Waals surface area contributed by atoms with Gasteiger partial charge in [0.1, 0.15) is 18.3 Å². The highest BCUT2D eigenvalue weighted by molar-refractivity contribution is 7.86. The second-order valence-corrected chi connectivity index (χ2v) is 11.4. The van der Waals surface area contributed by atoms with Crippen LogP contribution in [0.5, 0.6) is 0 Å². The average molecular weight is 563 g/mol. The highest BCUT2D eigenvalue weighted by atomic mass is 32.2. The molecule has 1 unspecified atom stereocenters. The molecule has 5 atom stereocenters. The number of hydrogen-bond donors (Lipinski definition) is 1. The van der Waals surface area contributed by atoms with Crippen LogP contribution in [0.4, 0.5) is 0 Å². The Hall–Kier alpha value is -2.89. The molecular formula is C21H26N2O12S2. The molecule has 1 N–H and O–H groups in total. The number of aromatic nitrogens is 2. The van der Waals surface area contributed by atoms with E-state index in [1.807, 2.05) is 4.98 Å². The Morgan fingerprint density at radius 2 is 1.73 bits per heavy atom. The Labute approximate surface area is 212 Å². The van der Waals surface area contributed by atoms with Crippen molar-refractivity contribution < 1.29 is 44.2 Å². The zero-order valence-electron chi connectivity index (χ0n) is 20.0. The van der Waals surface area contributed by atoms with E-state index >= 15 is 0 Å². The number of aromatic amines is 1. The number of benzene rings is 1. The molecule has 37 heavy (non-hydrogen) atoms. The lowest BCUT2D eigenvalue weighted by atomic mass is 10.1. The van der Waals surface area contributed by atoms with E-state index in [9.17, 15) is 31.2 Å². The van der Waals surface area contributed by atoms with Crippen molar-refractivity contribution in [1.82, 2.24) is 9.55 Å². The number of hydrogen-bond acceptors (Lipinski definition) is 12. The normalized spacial score (nSPS) is 23.0. The predicted octanol–water partition coefficient (Wildman–Crippen LogP) is -0.728. The SMILES string of the molecule is CC(=O)O[C@@H]1[C@H](OCc2ccccc2)[C@@H](C(COS(C)(=O)=O)OS(C)(=O)=O)O[C@H]1n1ccc(=O)[nH]c1=O. The summed E-state index contributed by atoms with van der Waals surface area (Å²) in [7, 11) is -8.23. The predicted molar refractivity (Wildman–Crippen MR) is 126 cm³/mol. The van der Waals surface area contributed by atoms with Gasteiger partial charge in [-0.15, -0.1) is 0 Å². The van der Waals surface area contributed by atoms with Crippen LogP contribution >= 0.6 is 0 Å².